The Hall–Kier alpha value is -1.72. The van der Waals surface area contributed by atoms with Crippen molar-refractivity contribution in [3.8, 4) is 0 Å². The molecule has 3 rings (SSSR count). The van der Waals surface area contributed by atoms with Crippen molar-refractivity contribution in [3.05, 3.63) is 52.5 Å². The van der Waals surface area contributed by atoms with Crippen molar-refractivity contribution >= 4 is 17.2 Å². The fourth-order valence-corrected chi connectivity index (χ4v) is 3.74. The summed E-state index contributed by atoms with van der Waals surface area (Å²) in [6.45, 7) is 2.64. The SMILES string of the molecule is O=C(Cc1ccsc1)N(Cc1ccccn1)C1CCCNCC1. The number of pyridine rings is 1. The van der Waals surface area contributed by atoms with Gasteiger partial charge >= 0.3 is 0 Å². The summed E-state index contributed by atoms with van der Waals surface area (Å²) in [4.78, 5) is 19.4. The number of hydrogen-bond acceptors (Lipinski definition) is 4. The molecule has 0 radical (unpaired) electrons. The molecule has 1 unspecified atom stereocenters. The molecule has 2 aromatic rings. The molecule has 1 amide bonds. The lowest BCUT2D eigenvalue weighted by Gasteiger charge is -2.31. The number of aromatic nitrogens is 1. The summed E-state index contributed by atoms with van der Waals surface area (Å²) in [7, 11) is 0. The molecule has 0 aliphatic carbocycles. The molecule has 1 N–H and O–H groups in total. The van der Waals surface area contributed by atoms with E-state index in [0.717, 1.165) is 43.6 Å². The van der Waals surface area contributed by atoms with Crippen molar-refractivity contribution in [2.45, 2.75) is 38.3 Å². The van der Waals surface area contributed by atoms with Crippen LogP contribution in [-0.4, -0.2) is 34.9 Å². The molecule has 23 heavy (non-hydrogen) atoms. The Kier molecular flexibility index (Phi) is 5.77. The van der Waals surface area contributed by atoms with E-state index in [4.69, 9.17) is 0 Å². The Morgan fingerprint density at radius 2 is 2.26 bits per heavy atom. The van der Waals surface area contributed by atoms with Gasteiger partial charge in [0, 0.05) is 12.2 Å². The number of carbonyl (C=O) groups is 1. The van der Waals surface area contributed by atoms with Crippen LogP contribution in [0.3, 0.4) is 0 Å². The van der Waals surface area contributed by atoms with Crippen LogP contribution in [-0.2, 0) is 17.8 Å². The maximum atomic E-state index is 12.9. The molecule has 2 aromatic heterocycles. The third-order valence-corrected chi connectivity index (χ3v) is 5.03. The quantitative estimate of drug-likeness (QED) is 0.917. The third kappa shape index (κ3) is 4.62. The number of thiophene rings is 1. The van der Waals surface area contributed by atoms with Crippen molar-refractivity contribution in [1.29, 1.82) is 0 Å². The van der Waals surface area contributed by atoms with Crippen molar-refractivity contribution < 1.29 is 4.79 Å². The van der Waals surface area contributed by atoms with Gasteiger partial charge < -0.3 is 10.2 Å². The average molecular weight is 329 g/mol. The highest BCUT2D eigenvalue weighted by atomic mass is 32.1. The second-order valence-electron chi connectivity index (χ2n) is 5.99. The summed E-state index contributed by atoms with van der Waals surface area (Å²) >= 11 is 1.64. The first kappa shape index (κ1) is 16.1. The molecule has 3 heterocycles. The summed E-state index contributed by atoms with van der Waals surface area (Å²) in [5.41, 5.74) is 2.07. The Bertz CT molecular complexity index is 592. The van der Waals surface area contributed by atoms with Crippen LogP contribution in [0.4, 0.5) is 0 Å². The largest absolute Gasteiger partial charge is 0.333 e. The zero-order valence-corrected chi connectivity index (χ0v) is 14.1. The van der Waals surface area contributed by atoms with Gasteiger partial charge in [-0.25, -0.2) is 0 Å². The number of carbonyl (C=O) groups excluding carboxylic acids is 1. The molecule has 1 aliphatic rings. The van der Waals surface area contributed by atoms with Crippen LogP contribution in [0, 0.1) is 0 Å². The molecule has 5 heteroatoms. The molecule has 0 aromatic carbocycles. The van der Waals surface area contributed by atoms with Crippen LogP contribution in [0.15, 0.2) is 41.2 Å². The molecule has 1 fully saturated rings. The second-order valence-corrected chi connectivity index (χ2v) is 6.77. The normalized spacial score (nSPS) is 18.3. The Morgan fingerprint density at radius 1 is 1.30 bits per heavy atom. The lowest BCUT2D eigenvalue weighted by Crippen LogP contribution is -2.41. The standard InChI is InChI=1S/C18H23N3OS/c22-18(12-15-7-11-23-14-15)21(13-16-4-1-2-9-20-16)17-5-3-8-19-10-6-17/h1-2,4,7,9,11,14,17,19H,3,5-6,8,10,12-13H2. The first-order valence-electron chi connectivity index (χ1n) is 8.24. The molecule has 0 bridgehead atoms. The van der Waals surface area contributed by atoms with Gasteiger partial charge in [-0.05, 0) is 66.9 Å². The molecular formula is C18H23N3OS. The van der Waals surface area contributed by atoms with Gasteiger partial charge in [0.05, 0.1) is 18.7 Å². The van der Waals surface area contributed by atoms with Crippen molar-refractivity contribution in [2.24, 2.45) is 0 Å². The highest BCUT2D eigenvalue weighted by Crippen LogP contribution is 2.18. The minimum Gasteiger partial charge on any atom is -0.333 e. The van der Waals surface area contributed by atoms with E-state index in [0.29, 0.717) is 19.0 Å². The Labute approximate surface area is 141 Å². The predicted molar refractivity (Wildman–Crippen MR) is 93.3 cm³/mol. The number of hydrogen-bond donors (Lipinski definition) is 1. The molecule has 0 saturated carbocycles. The first-order valence-corrected chi connectivity index (χ1v) is 9.18. The van der Waals surface area contributed by atoms with Gasteiger partial charge in [-0.15, -0.1) is 0 Å². The van der Waals surface area contributed by atoms with E-state index in [1.165, 1.54) is 0 Å². The zero-order chi connectivity index (χ0) is 15.9. The van der Waals surface area contributed by atoms with E-state index in [-0.39, 0.29) is 5.91 Å². The Balaban J connectivity index is 1.75. The summed E-state index contributed by atoms with van der Waals surface area (Å²) in [5, 5.41) is 7.52. The lowest BCUT2D eigenvalue weighted by atomic mass is 10.1. The fraction of sp³-hybridized carbons (Fsp3) is 0.444. The van der Waals surface area contributed by atoms with Crippen LogP contribution in [0.25, 0.3) is 0 Å². The van der Waals surface area contributed by atoms with Gasteiger partial charge in [-0.3, -0.25) is 9.78 Å². The number of rotatable bonds is 5. The lowest BCUT2D eigenvalue weighted by molar-refractivity contribution is -0.133. The molecule has 1 saturated heterocycles. The third-order valence-electron chi connectivity index (χ3n) is 4.30. The molecule has 4 nitrogen and oxygen atoms in total. The van der Waals surface area contributed by atoms with E-state index >= 15 is 0 Å². The van der Waals surface area contributed by atoms with Gasteiger partial charge in [0.15, 0.2) is 0 Å². The monoisotopic (exact) mass is 329 g/mol. The zero-order valence-electron chi connectivity index (χ0n) is 13.3. The van der Waals surface area contributed by atoms with Gasteiger partial charge in [0.1, 0.15) is 0 Å². The van der Waals surface area contributed by atoms with E-state index < -0.39 is 0 Å². The van der Waals surface area contributed by atoms with Crippen LogP contribution in [0.5, 0.6) is 0 Å². The molecule has 0 spiro atoms. The van der Waals surface area contributed by atoms with E-state index in [1.54, 1.807) is 17.5 Å². The summed E-state index contributed by atoms with van der Waals surface area (Å²) in [6, 6.07) is 8.24. The topological polar surface area (TPSA) is 45.2 Å². The van der Waals surface area contributed by atoms with Crippen molar-refractivity contribution in [2.75, 3.05) is 13.1 Å². The van der Waals surface area contributed by atoms with Crippen molar-refractivity contribution in [1.82, 2.24) is 15.2 Å². The maximum Gasteiger partial charge on any atom is 0.227 e. The fourth-order valence-electron chi connectivity index (χ4n) is 3.07. The summed E-state index contributed by atoms with van der Waals surface area (Å²) in [6.07, 6.45) is 5.48. The molecule has 1 aliphatic heterocycles. The smallest absolute Gasteiger partial charge is 0.227 e. The average Bonchev–Trinajstić information content (AvgIpc) is 2.93. The summed E-state index contributed by atoms with van der Waals surface area (Å²) in [5.74, 6) is 0.209. The number of nitrogens with zero attached hydrogens (tertiary/aromatic N) is 2. The van der Waals surface area contributed by atoms with E-state index in [2.05, 4.69) is 15.7 Å². The molecular weight excluding hydrogens is 306 g/mol. The summed E-state index contributed by atoms with van der Waals surface area (Å²) < 4.78 is 0. The predicted octanol–water partition coefficient (Wildman–Crippen LogP) is 2.86. The van der Waals surface area contributed by atoms with Crippen molar-refractivity contribution in [3.63, 3.8) is 0 Å². The van der Waals surface area contributed by atoms with E-state index in [1.807, 2.05) is 34.5 Å². The second kappa shape index (κ2) is 8.22. The first-order chi connectivity index (χ1) is 11.3. The maximum absolute atomic E-state index is 12.9. The molecule has 122 valence electrons. The minimum atomic E-state index is 0.209. The van der Waals surface area contributed by atoms with Crippen LogP contribution >= 0.6 is 11.3 Å². The van der Waals surface area contributed by atoms with Crippen LogP contribution in [0.1, 0.15) is 30.5 Å². The number of nitrogens with one attached hydrogen (secondary N) is 1. The highest BCUT2D eigenvalue weighted by Gasteiger charge is 2.25. The highest BCUT2D eigenvalue weighted by molar-refractivity contribution is 7.07. The minimum absolute atomic E-state index is 0.209. The molecule has 1 atom stereocenters. The Morgan fingerprint density at radius 3 is 3.04 bits per heavy atom. The van der Waals surface area contributed by atoms with Crippen LogP contribution < -0.4 is 5.32 Å². The van der Waals surface area contributed by atoms with Gasteiger partial charge in [-0.1, -0.05) is 6.07 Å². The van der Waals surface area contributed by atoms with Gasteiger partial charge in [0.25, 0.3) is 0 Å². The van der Waals surface area contributed by atoms with Gasteiger partial charge in [-0.2, -0.15) is 11.3 Å². The van der Waals surface area contributed by atoms with E-state index in [9.17, 15) is 4.79 Å². The van der Waals surface area contributed by atoms with Gasteiger partial charge in [0.2, 0.25) is 5.91 Å². The number of amides is 1. The van der Waals surface area contributed by atoms with Crippen LogP contribution in [0.2, 0.25) is 0 Å².